The fourth-order valence-corrected chi connectivity index (χ4v) is 4.32. The van der Waals surface area contributed by atoms with Crippen LogP contribution in [-0.2, 0) is 13.0 Å². The Bertz CT molecular complexity index is 1660. The molecule has 0 atom stereocenters. The van der Waals surface area contributed by atoms with E-state index < -0.39 is 0 Å². The number of aromatic nitrogens is 4. The first-order valence-corrected chi connectivity index (χ1v) is 10.7. The van der Waals surface area contributed by atoms with Crippen molar-refractivity contribution in [2.24, 2.45) is 0 Å². The summed E-state index contributed by atoms with van der Waals surface area (Å²) in [7, 11) is 0. The largest absolute Gasteiger partial charge is 0.361 e. The van der Waals surface area contributed by atoms with Gasteiger partial charge in [-0.05, 0) is 53.4 Å². The van der Waals surface area contributed by atoms with Gasteiger partial charge in [-0.1, -0.05) is 42.5 Å². The summed E-state index contributed by atoms with van der Waals surface area (Å²) >= 11 is 0. The highest BCUT2D eigenvalue weighted by Gasteiger charge is 2.09. The van der Waals surface area contributed by atoms with Gasteiger partial charge in [0.25, 0.3) is 5.56 Å². The van der Waals surface area contributed by atoms with E-state index in [4.69, 9.17) is 0 Å². The Labute approximate surface area is 184 Å². The monoisotopic (exact) mass is 416 g/mol. The lowest BCUT2D eigenvalue weighted by molar-refractivity contribution is 0.664. The zero-order valence-electron chi connectivity index (χ0n) is 17.3. The molecule has 0 saturated heterocycles. The summed E-state index contributed by atoms with van der Waals surface area (Å²) in [4.78, 5) is 25.5. The number of hydrogen-bond acceptors (Lipinski definition) is 3. The molecule has 154 valence electrons. The Hall–Kier alpha value is -4.25. The van der Waals surface area contributed by atoms with Crippen LogP contribution in [0.25, 0.3) is 43.8 Å². The third kappa shape index (κ3) is 3.15. The average Bonchev–Trinajstić information content (AvgIpc) is 3.26. The normalized spacial score (nSPS) is 11.5. The first kappa shape index (κ1) is 18.5. The van der Waals surface area contributed by atoms with Crippen molar-refractivity contribution in [1.82, 2.24) is 19.5 Å². The van der Waals surface area contributed by atoms with Crippen LogP contribution in [0.15, 0.2) is 96.3 Å². The lowest BCUT2D eigenvalue weighted by Crippen LogP contribution is -2.21. The molecule has 0 amide bonds. The highest BCUT2D eigenvalue weighted by Crippen LogP contribution is 2.25. The number of H-pyrrole nitrogens is 1. The van der Waals surface area contributed by atoms with Crippen LogP contribution in [-0.4, -0.2) is 19.5 Å². The summed E-state index contributed by atoms with van der Waals surface area (Å²) in [6, 6.07) is 24.2. The molecule has 0 aliphatic heterocycles. The van der Waals surface area contributed by atoms with Crippen molar-refractivity contribution in [3.8, 4) is 11.1 Å². The molecule has 3 aromatic carbocycles. The Morgan fingerprint density at radius 3 is 2.66 bits per heavy atom. The molecule has 0 spiro atoms. The van der Waals surface area contributed by atoms with Gasteiger partial charge in [-0.2, -0.15) is 0 Å². The number of aryl methyl sites for hydroxylation is 2. The summed E-state index contributed by atoms with van der Waals surface area (Å²) in [5.41, 5.74) is 5.96. The zero-order chi connectivity index (χ0) is 21.5. The van der Waals surface area contributed by atoms with E-state index in [2.05, 4.69) is 45.3 Å². The topological polar surface area (TPSA) is 63.6 Å². The molecular weight excluding hydrogens is 396 g/mol. The summed E-state index contributed by atoms with van der Waals surface area (Å²) in [6.07, 6.45) is 6.23. The van der Waals surface area contributed by atoms with Crippen LogP contribution in [0, 0.1) is 0 Å². The van der Waals surface area contributed by atoms with Gasteiger partial charge in [0, 0.05) is 35.2 Å². The first-order chi connectivity index (χ1) is 15.8. The SMILES string of the molecule is O=c1c2cc(-c3ccc4cccnc4c3)ccc2ncn1CCc1c[nH]c2ccccc12. The van der Waals surface area contributed by atoms with Crippen molar-refractivity contribution in [3.63, 3.8) is 0 Å². The second-order valence-corrected chi connectivity index (χ2v) is 8.00. The summed E-state index contributed by atoms with van der Waals surface area (Å²) < 4.78 is 1.70. The number of nitrogens with one attached hydrogen (secondary N) is 1. The zero-order valence-corrected chi connectivity index (χ0v) is 17.3. The highest BCUT2D eigenvalue weighted by molar-refractivity contribution is 5.88. The van der Waals surface area contributed by atoms with Crippen LogP contribution in [0.4, 0.5) is 0 Å². The molecule has 0 bridgehead atoms. The van der Waals surface area contributed by atoms with Crippen molar-refractivity contribution < 1.29 is 0 Å². The van der Waals surface area contributed by atoms with Gasteiger partial charge in [0.05, 0.1) is 22.7 Å². The Balaban J connectivity index is 1.36. The molecule has 0 fully saturated rings. The Morgan fingerprint density at radius 1 is 0.812 bits per heavy atom. The number of hydrogen-bond donors (Lipinski definition) is 1. The van der Waals surface area contributed by atoms with Crippen LogP contribution in [0.2, 0.25) is 0 Å². The van der Waals surface area contributed by atoms with E-state index in [1.54, 1.807) is 17.1 Å². The molecule has 32 heavy (non-hydrogen) atoms. The summed E-state index contributed by atoms with van der Waals surface area (Å²) in [5, 5.41) is 2.92. The van der Waals surface area contributed by atoms with E-state index in [-0.39, 0.29) is 5.56 Å². The molecule has 0 unspecified atom stereocenters. The minimum Gasteiger partial charge on any atom is -0.361 e. The molecule has 3 aromatic heterocycles. The molecule has 5 heteroatoms. The van der Waals surface area contributed by atoms with Gasteiger partial charge < -0.3 is 4.98 Å². The first-order valence-electron chi connectivity index (χ1n) is 10.7. The van der Waals surface area contributed by atoms with Crippen LogP contribution in [0.3, 0.4) is 0 Å². The van der Waals surface area contributed by atoms with Gasteiger partial charge in [0.2, 0.25) is 0 Å². The Kier molecular flexibility index (Phi) is 4.32. The molecule has 6 aromatic rings. The van der Waals surface area contributed by atoms with Gasteiger partial charge in [0.1, 0.15) is 0 Å². The van der Waals surface area contributed by atoms with Crippen LogP contribution in [0.1, 0.15) is 5.56 Å². The van der Waals surface area contributed by atoms with Gasteiger partial charge >= 0.3 is 0 Å². The lowest BCUT2D eigenvalue weighted by Gasteiger charge is -2.08. The second-order valence-electron chi connectivity index (χ2n) is 8.00. The van der Waals surface area contributed by atoms with Crippen molar-refractivity contribution in [3.05, 3.63) is 107 Å². The van der Waals surface area contributed by atoms with E-state index >= 15 is 0 Å². The molecule has 0 aliphatic carbocycles. The van der Waals surface area contributed by atoms with Crippen molar-refractivity contribution >= 4 is 32.7 Å². The maximum Gasteiger partial charge on any atom is 0.261 e. The van der Waals surface area contributed by atoms with Crippen LogP contribution >= 0.6 is 0 Å². The molecule has 1 N–H and O–H groups in total. The molecule has 0 radical (unpaired) electrons. The molecule has 5 nitrogen and oxygen atoms in total. The second kappa shape index (κ2) is 7.46. The Morgan fingerprint density at radius 2 is 1.69 bits per heavy atom. The van der Waals surface area contributed by atoms with Gasteiger partial charge in [-0.15, -0.1) is 0 Å². The number of benzene rings is 3. The maximum absolute atomic E-state index is 13.3. The van der Waals surface area contributed by atoms with Gasteiger partial charge in [0.15, 0.2) is 0 Å². The smallest absolute Gasteiger partial charge is 0.261 e. The third-order valence-electron chi connectivity index (χ3n) is 6.06. The van der Waals surface area contributed by atoms with Crippen molar-refractivity contribution in [2.75, 3.05) is 0 Å². The van der Waals surface area contributed by atoms with E-state index in [1.807, 2.05) is 48.7 Å². The van der Waals surface area contributed by atoms with E-state index in [0.29, 0.717) is 17.4 Å². The van der Waals surface area contributed by atoms with Gasteiger partial charge in [-0.25, -0.2) is 4.98 Å². The standard InChI is InChI=1S/C27H20N4O/c32-27-23-14-19(20-8-7-18-4-3-12-28-26(18)15-20)9-10-25(23)30-17-31(27)13-11-21-16-29-24-6-2-1-5-22(21)24/h1-10,12,14-17,29H,11,13H2. The molecule has 3 heterocycles. The molecule has 0 aliphatic rings. The molecule has 0 saturated carbocycles. The number of pyridine rings is 1. The van der Waals surface area contributed by atoms with Crippen LogP contribution < -0.4 is 5.56 Å². The van der Waals surface area contributed by atoms with Crippen LogP contribution in [0.5, 0.6) is 0 Å². The van der Waals surface area contributed by atoms with Crippen molar-refractivity contribution in [2.45, 2.75) is 13.0 Å². The number of rotatable bonds is 4. The van der Waals surface area contributed by atoms with Gasteiger partial charge in [-0.3, -0.25) is 14.3 Å². The number of nitrogens with zero attached hydrogens (tertiary/aromatic N) is 3. The third-order valence-corrected chi connectivity index (χ3v) is 6.06. The molecule has 6 rings (SSSR count). The fraction of sp³-hybridized carbons (Fsp3) is 0.0741. The minimum atomic E-state index is -0.0180. The predicted molar refractivity (Wildman–Crippen MR) is 129 cm³/mol. The summed E-state index contributed by atoms with van der Waals surface area (Å²) in [6.45, 7) is 0.577. The van der Waals surface area contributed by atoms with E-state index in [1.165, 1.54) is 10.9 Å². The average molecular weight is 416 g/mol. The maximum atomic E-state index is 13.3. The van der Waals surface area contributed by atoms with Crippen molar-refractivity contribution in [1.29, 1.82) is 0 Å². The highest BCUT2D eigenvalue weighted by atomic mass is 16.1. The minimum absolute atomic E-state index is 0.0180. The van der Waals surface area contributed by atoms with E-state index in [9.17, 15) is 4.79 Å². The lowest BCUT2D eigenvalue weighted by atomic mass is 10.0. The fourth-order valence-electron chi connectivity index (χ4n) is 4.32. The number of para-hydroxylation sites is 1. The summed E-state index contributed by atoms with van der Waals surface area (Å²) in [5.74, 6) is 0. The quantitative estimate of drug-likeness (QED) is 0.422. The number of aromatic amines is 1. The van der Waals surface area contributed by atoms with E-state index in [0.717, 1.165) is 34.0 Å². The molecular formula is C27H20N4O. The number of fused-ring (bicyclic) bond motifs is 3. The predicted octanol–water partition coefficient (Wildman–Crippen LogP) is 5.34.